The molecule has 2 aliphatic heterocycles. The Labute approximate surface area is 179 Å². The number of hydrogen-bond acceptors (Lipinski definition) is 6. The lowest BCUT2D eigenvalue weighted by atomic mass is 9.98. The number of sulfonamides is 1. The predicted molar refractivity (Wildman–Crippen MR) is 114 cm³/mol. The third-order valence-electron chi connectivity index (χ3n) is 4.79. The van der Waals surface area contributed by atoms with Gasteiger partial charge >= 0.3 is 0 Å². The Balaban J connectivity index is 1.74. The molecule has 0 radical (unpaired) electrons. The van der Waals surface area contributed by atoms with Gasteiger partial charge in [-0.2, -0.15) is 0 Å². The van der Waals surface area contributed by atoms with Crippen molar-refractivity contribution in [2.75, 3.05) is 26.0 Å². The van der Waals surface area contributed by atoms with Crippen LogP contribution >= 0.6 is 23.4 Å². The van der Waals surface area contributed by atoms with Gasteiger partial charge in [-0.25, -0.2) is 12.7 Å². The van der Waals surface area contributed by atoms with Crippen molar-refractivity contribution in [3.8, 4) is 0 Å². The van der Waals surface area contributed by atoms with Crippen LogP contribution in [0.5, 0.6) is 0 Å². The van der Waals surface area contributed by atoms with Gasteiger partial charge in [-0.3, -0.25) is 19.5 Å². The minimum Gasteiger partial charge on any atom is -0.324 e. The van der Waals surface area contributed by atoms with Crippen LogP contribution in [-0.2, 0) is 19.6 Å². The number of hydrogen-bond donors (Lipinski definition) is 1. The van der Waals surface area contributed by atoms with E-state index in [9.17, 15) is 18.0 Å². The molecule has 1 aromatic carbocycles. The quantitative estimate of drug-likeness (QED) is 0.733. The molecule has 0 aliphatic carbocycles. The number of rotatable bonds is 5. The Hall–Kier alpha value is -1.88. The number of fused-ring (bicyclic) bond motifs is 1. The molecule has 3 rings (SSSR count). The van der Waals surface area contributed by atoms with E-state index in [1.165, 1.54) is 43.5 Å². The number of halogens is 1. The highest BCUT2D eigenvalue weighted by Gasteiger charge is 2.41. The van der Waals surface area contributed by atoms with E-state index >= 15 is 0 Å². The number of allylic oxidation sites excluding steroid dienone is 1. The van der Waals surface area contributed by atoms with E-state index in [1.807, 2.05) is 13.8 Å². The van der Waals surface area contributed by atoms with Crippen molar-refractivity contribution < 1.29 is 18.0 Å². The molecule has 8 nitrogen and oxygen atoms in total. The number of carbonyl (C=O) groups excluding carboxylic acids is 2. The minimum atomic E-state index is -3.77. The van der Waals surface area contributed by atoms with Gasteiger partial charge in [-0.1, -0.05) is 11.6 Å². The zero-order valence-electron chi connectivity index (χ0n) is 16.3. The Morgan fingerprint density at radius 3 is 2.69 bits per heavy atom. The standard InChI is InChI=1S/C18H21ClN4O4S2/c1-10-11(2)28-17-16(10)18(25)23(9-20-17)8-15(24)21-12-5-6-13(19)14(7-12)29(26,27)22(3)4/h5-7,9,16-17H,8H2,1-4H3,(H,21,24). The van der Waals surface area contributed by atoms with E-state index in [1.54, 1.807) is 11.8 Å². The predicted octanol–water partition coefficient (Wildman–Crippen LogP) is 2.38. The van der Waals surface area contributed by atoms with Gasteiger partial charge in [0.2, 0.25) is 21.8 Å². The smallest absolute Gasteiger partial charge is 0.244 e. The second-order valence-electron chi connectivity index (χ2n) is 6.94. The summed E-state index contributed by atoms with van der Waals surface area (Å²) in [7, 11) is -0.979. The number of carbonyl (C=O) groups is 2. The third-order valence-corrected chi connectivity index (χ3v) is 8.40. The molecule has 0 spiro atoms. The number of nitrogens with one attached hydrogen (secondary N) is 1. The maximum atomic E-state index is 12.8. The number of thioether (sulfide) groups is 1. The van der Waals surface area contributed by atoms with Crippen LogP contribution in [0.25, 0.3) is 0 Å². The van der Waals surface area contributed by atoms with Gasteiger partial charge in [0.15, 0.2) is 0 Å². The van der Waals surface area contributed by atoms with E-state index in [0.717, 1.165) is 14.8 Å². The first-order chi connectivity index (χ1) is 13.5. The lowest BCUT2D eigenvalue weighted by Gasteiger charge is -2.28. The van der Waals surface area contributed by atoms with Gasteiger partial charge in [-0.05, 0) is 42.5 Å². The number of benzene rings is 1. The fraction of sp³-hybridized carbons (Fsp3) is 0.389. The summed E-state index contributed by atoms with van der Waals surface area (Å²) in [4.78, 5) is 31.9. The summed E-state index contributed by atoms with van der Waals surface area (Å²) in [6.07, 6.45) is 1.39. The van der Waals surface area contributed by atoms with Crippen LogP contribution in [0.4, 0.5) is 5.69 Å². The van der Waals surface area contributed by atoms with E-state index in [0.29, 0.717) is 0 Å². The number of anilines is 1. The van der Waals surface area contributed by atoms with E-state index < -0.39 is 15.9 Å². The molecule has 1 aromatic rings. The Morgan fingerprint density at radius 1 is 1.34 bits per heavy atom. The number of aliphatic imine (C=N–C) groups is 1. The van der Waals surface area contributed by atoms with Gasteiger partial charge in [0, 0.05) is 19.8 Å². The molecule has 29 heavy (non-hydrogen) atoms. The Bertz CT molecular complexity index is 1040. The first-order valence-electron chi connectivity index (χ1n) is 8.72. The third kappa shape index (κ3) is 4.20. The zero-order valence-corrected chi connectivity index (χ0v) is 18.7. The average molecular weight is 457 g/mol. The fourth-order valence-corrected chi connectivity index (χ4v) is 5.67. The van der Waals surface area contributed by atoms with Crippen LogP contribution in [0.1, 0.15) is 13.8 Å². The molecule has 0 saturated heterocycles. The van der Waals surface area contributed by atoms with Gasteiger partial charge in [-0.15, -0.1) is 11.8 Å². The molecule has 0 fully saturated rings. The Kier molecular flexibility index (Phi) is 6.09. The molecule has 0 aromatic heterocycles. The first-order valence-corrected chi connectivity index (χ1v) is 11.4. The molecular formula is C18H21ClN4O4S2. The molecule has 2 aliphatic rings. The van der Waals surface area contributed by atoms with Crippen molar-refractivity contribution >= 4 is 57.2 Å². The topological polar surface area (TPSA) is 99.2 Å². The zero-order chi connectivity index (χ0) is 21.5. The molecule has 2 amide bonds. The molecule has 0 saturated carbocycles. The van der Waals surface area contributed by atoms with Gasteiger partial charge < -0.3 is 5.32 Å². The van der Waals surface area contributed by atoms with Gasteiger partial charge in [0.05, 0.1) is 17.3 Å². The summed E-state index contributed by atoms with van der Waals surface area (Å²) in [6.45, 7) is 3.64. The van der Waals surface area contributed by atoms with E-state index in [-0.39, 0.29) is 39.3 Å². The van der Waals surface area contributed by atoms with Crippen LogP contribution in [0.2, 0.25) is 5.02 Å². The second kappa shape index (κ2) is 8.10. The monoisotopic (exact) mass is 456 g/mol. The number of nitrogens with zero attached hydrogens (tertiary/aromatic N) is 3. The second-order valence-corrected chi connectivity index (χ2v) is 10.8. The SMILES string of the molecule is CC1=C(C)C2C(=O)N(CC(=O)Nc3ccc(Cl)c(S(=O)(=O)N(C)C)c3)C=NC2S1. The lowest BCUT2D eigenvalue weighted by molar-refractivity contribution is -0.133. The van der Waals surface area contributed by atoms with Crippen LogP contribution in [0.3, 0.4) is 0 Å². The van der Waals surface area contributed by atoms with Crippen molar-refractivity contribution in [2.24, 2.45) is 10.9 Å². The van der Waals surface area contributed by atoms with Crippen molar-refractivity contribution in [3.63, 3.8) is 0 Å². The summed E-state index contributed by atoms with van der Waals surface area (Å²) in [5.41, 5.74) is 1.24. The number of amides is 2. The van der Waals surface area contributed by atoms with Crippen LogP contribution < -0.4 is 5.32 Å². The summed E-state index contributed by atoms with van der Waals surface area (Å²) in [5.74, 6) is -0.998. The van der Waals surface area contributed by atoms with Crippen molar-refractivity contribution in [3.05, 3.63) is 33.7 Å². The molecule has 2 atom stereocenters. The molecule has 1 N–H and O–H groups in total. The minimum absolute atomic E-state index is 0.0532. The van der Waals surface area contributed by atoms with Crippen molar-refractivity contribution in [1.29, 1.82) is 0 Å². The molecular weight excluding hydrogens is 436 g/mol. The lowest BCUT2D eigenvalue weighted by Crippen LogP contribution is -2.45. The van der Waals surface area contributed by atoms with Gasteiger partial charge in [0.25, 0.3) is 0 Å². The van der Waals surface area contributed by atoms with E-state index in [2.05, 4.69) is 10.3 Å². The molecule has 2 heterocycles. The van der Waals surface area contributed by atoms with Gasteiger partial charge in [0.1, 0.15) is 16.8 Å². The normalized spacial score (nSPS) is 21.7. The Morgan fingerprint density at radius 2 is 2.03 bits per heavy atom. The van der Waals surface area contributed by atoms with Crippen LogP contribution in [0.15, 0.2) is 38.6 Å². The summed E-state index contributed by atoms with van der Waals surface area (Å²) < 4.78 is 25.8. The van der Waals surface area contributed by atoms with Crippen molar-refractivity contribution in [2.45, 2.75) is 24.1 Å². The summed E-state index contributed by atoms with van der Waals surface area (Å²) in [6, 6.07) is 4.20. The maximum absolute atomic E-state index is 12.8. The largest absolute Gasteiger partial charge is 0.324 e. The first kappa shape index (κ1) is 21.8. The van der Waals surface area contributed by atoms with Crippen molar-refractivity contribution in [1.82, 2.24) is 9.21 Å². The maximum Gasteiger partial charge on any atom is 0.244 e. The summed E-state index contributed by atoms with van der Waals surface area (Å²) in [5, 5.41) is 2.50. The molecule has 156 valence electrons. The van der Waals surface area contributed by atoms with Crippen LogP contribution in [-0.4, -0.2) is 61.8 Å². The highest BCUT2D eigenvalue weighted by atomic mass is 35.5. The molecule has 11 heteroatoms. The summed E-state index contributed by atoms with van der Waals surface area (Å²) >= 11 is 7.57. The highest BCUT2D eigenvalue weighted by molar-refractivity contribution is 8.04. The average Bonchev–Trinajstić information content (AvgIpc) is 2.93. The molecule has 0 bridgehead atoms. The van der Waals surface area contributed by atoms with Crippen LogP contribution in [0, 0.1) is 5.92 Å². The molecule has 2 unspecified atom stereocenters. The van der Waals surface area contributed by atoms with E-state index in [4.69, 9.17) is 11.6 Å². The fourth-order valence-electron chi connectivity index (χ4n) is 3.03. The highest BCUT2D eigenvalue weighted by Crippen LogP contribution is 2.44.